The minimum absolute atomic E-state index is 0.178. The first-order valence-electron chi connectivity index (χ1n) is 11.0. The normalized spacial score (nSPS) is 12.5. The van der Waals surface area contributed by atoms with E-state index in [9.17, 15) is 18.0 Å². The summed E-state index contributed by atoms with van der Waals surface area (Å²) in [6.45, 7) is 1.78. The van der Waals surface area contributed by atoms with Crippen LogP contribution in [0.5, 0.6) is 0 Å². The fourth-order valence-corrected chi connectivity index (χ4v) is 3.62. The van der Waals surface area contributed by atoms with E-state index in [1.165, 1.54) is 12.1 Å². The number of nitrogens with zero attached hydrogens (tertiary/aromatic N) is 5. The largest absolute Gasteiger partial charge is 0.490 e. The molecule has 0 radical (unpaired) electrons. The summed E-state index contributed by atoms with van der Waals surface area (Å²) in [7, 11) is 0. The van der Waals surface area contributed by atoms with Crippen molar-refractivity contribution in [2.45, 2.75) is 19.3 Å². The van der Waals surface area contributed by atoms with Crippen molar-refractivity contribution in [3.8, 4) is 34.0 Å². The number of esters is 1. The maximum atomic E-state index is 12.5. The van der Waals surface area contributed by atoms with Gasteiger partial charge in [0.25, 0.3) is 0 Å². The van der Waals surface area contributed by atoms with Gasteiger partial charge in [-0.3, -0.25) is 5.73 Å². The number of pyridine rings is 1. The van der Waals surface area contributed by atoms with Crippen LogP contribution in [0.3, 0.4) is 0 Å². The second-order valence-electron chi connectivity index (χ2n) is 8.03. The molecule has 0 bridgehead atoms. The number of carbonyl (C=O) groups excluding carboxylic acids is 1. The van der Waals surface area contributed by atoms with E-state index in [0.29, 0.717) is 45.5 Å². The van der Waals surface area contributed by atoms with Gasteiger partial charge in [-0.15, -0.1) is 10.2 Å². The zero-order valence-corrected chi connectivity index (χ0v) is 19.2. The van der Waals surface area contributed by atoms with E-state index in [4.69, 9.17) is 15.7 Å². The van der Waals surface area contributed by atoms with Crippen LogP contribution < -0.4 is 5.73 Å². The lowest BCUT2D eigenvalue weighted by molar-refractivity contribution is -0.205. The molecule has 3 aromatic heterocycles. The highest BCUT2D eigenvalue weighted by atomic mass is 19.4. The number of nitrogens with one attached hydrogen (secondary N) is 1. The van der Waals surface area contributed by atoms with Crippen LogP contribution in [0.1, 0.15) is 17.6 Å². The molecule has 5 aromatic rings. The molecule has 2 aromatic carbocycles. The van der Waals surface area contributed by atoms with Crippen molar-refractivity contribution >= 4 is 17.1 Å². The molecule has 186 valence electrons. The standard InChI is InChI=1S/C25H18F3N7O2/c1-13-30-23(35-34-13)18-12-11-17-22(32-18)33-20(19(31-17)14-5-3-2-4-6-14)15-7-9-16(10-8-15)21(29)37-24(36)25(26,27)28/h2-12,21H,29H2,1H3,(H,30,34,35). The summed E-state index contributed by atoms with van der Waals surface area (Å²) in [5.74, 6) is -1.23. The molecular weight excluding hydrogens is 487 g/mol. The molecule has 3 heterocycles. The molecule has 12 heteroatoms. The zero-order valence-electron chi connectivity index (χ0n) is 19.2. The van der Waals surface area contributed by atoms with Crippen LogP contribution in [0.25, 0.3) is 45.2 Å². The summed E-state index contributed by atoms with van der Waals surface area (Å²) in [4.78, 5) is 28.3. The first-order chi connectivity index (χ1) is 17.7. The SMILES string of the molecule is Cc1nnc(-c2ccc3nc(-c4ccccc4)c(-c4ccc(C(N)OC(=O)C(F)(F)F)cc4)nc3n2)[nH]1. The predicted molar refractivity (Wildman–Crippen MR) is 127 cm³/mol. The maximum Gasteiger partial charge on any atom is 0.490 e. The van der Waals surface area contributed by atoms with Gasteiger partial charge < -0.3 is 9.72 Å². The number of H-pyrrole nitrogens is 1. The van der Waals surface area contributed by atoms with Crippen molar-refractivity contribution in [3.05, 3.63) is 78.1 Å². The van der Waals surface area contributed by atoms with Gasteiger partial charge in [0.15, 0.2) is 17.7 Å². The number of hydrogen-bond acceptors (Lipinski definition) is 8. The Kier molecular flexibility index (Phi) is 6.09. The number of fused-ring (bicyclic) bond motifs is 1. The van der Waals surface area contributed by atoms with Crippen LogP contribution in [0.2, 0.25) is 0 Å². The quantitative estimate of drug-likeness (QED) is 0.263. The number of ether oxygens (including phenoxy) is 1. The lowest BCUT2D eigenvalue weighted by atomic mass is 10.0. The Morgan fingerprint density at radius 2 is 1.57 bits per heavy atom. The van der Waals surface area contributed by atoms with Crippen LogP contribution in [0.15, 0.2) is 66.7 Å². The summed E-state index contributed by atoms with van der Waals surface area (Å²) in [5, 5.41) is 8.03. The number of benzene rings is 2. The number of aryl methyl sites for hydroxylation is 1. The summed E-state index contributed by atoms with van der Waals surface area (Å²) < 4.78 is 41.9. The average Bonchev–Trinajstić information content (AvgIpc) is 3.34. The van der Waals surface area contributed by atoms with Crippen molar-refractivity contribution < 1.29 is 22.7 Å². The lowest BCUT2D eigenvalue weighted by Gasteiger charge is -2.15. The second kappa shape index (κ2) is 9.39. The Morgan fingerprint density at radius 3 is 2.22 bits per heavy atom. The highest BCUT2D eigenvalue weighted by molar-refractivity contribution is 5.85. The Balaban J connectivity index is 1.57. The number of rotatable bonds is 5. The summed E-state index contributed by atoms with van der Waals surface area (Å²) in [5.41, 5.74) is 9.77. The third kappa shape index (κ3) is 5.00. The van der Waals surface area contributed by atoms with Crippen LogP contribution in [0, 0.1) is 6.92 Å². The van der Waals surface area contributed by atoms with E-state index in [2.05, 4.69) is 24.9 Å². The highest BCUT2D eigenvalue weighted by Crippen LogP contribution is 2.32. The highest BCUT2D eigenvalue weighted by Gasteiger charge is 2.42. The van der Waals surface area contributed by atoms with E-state index in [0.717, 1.165) is 5.56 Å². The van der Waals surface area contributed by atoms with Gasteiger partial charge in [0.1, 0.15) is 17.0 Å². The molecule has 9 nitrogen and oxygen atoms in total. The number of carbonyl (C=O) groups is 1. The first-order valence-corrected chi connectivity index (χ1v) is 11.0. The van der Waals surface area contributed by atoms with Crippen molar-refractivity contribution in [3.63, 3.8) is 0 Å². The number of nitrogens with two attached hydrogens (primary N) is 1. The Bertz CT molecular complexity index is 1590. The fourth-order valence-electron chi connectivity index (χ4n) is 3.62. The monoisotopic (exact) mass is 505 g/mol. The topological polar surface area (TPSA) is 133 Å². The fraction of sp³-hybridized carbons (Fsp3) is 0.120. The second-order valence-corrected chi connectivity index (χ2v) is 8.03. The average molecular weight is 505 g/mol. The lowest BCUT2D eigenvalue weighted by Crippen LogP contribution is -2.29. The minimum Gasteiger partial charge on any atom is -0.436 e. The van der Waals surface area contributed by atoms with E-state index in [1.54, 1.807) is 31.2 Å². The number of aromatic nitrogens is 6. The molecule has 1 atom stereocenters. The number of hydrogen-bond donors (Lipinski definition) is 2. The number of halogens is 3. The van der Waals surface area contributed by atoms with Crippen molar-refractivity contribution in [2.24, 2.45) is 5.73 Å². The van der Waals surface area contributed by atoms with E-state index >= 15 is 0 Å². The number of aromatic amines is 1. The van der Waals surface area contributed by atoms with Gasteiger partial charge in [0.2, 0.25) is 0 Å². The zero-order chi connectivity index (χ0) is 26.2. The molecule has 0 spiro atoms. The van der Waals surface area contributed by atoms with Gasteiger partial charge in [-0.05, 0) is 19.1 Å². The molecule has 0 saturated heterocycles. The van der Waals surface area contributed by atoms with E-state index in [1.807, 2.05) is 30.3 Å². The van der Waals surface area contributed by atoms with Crippen molar-refractivity contribution in [1.29, 1.82) is 0 Å². The molecule has 0 amide bonds. The van der Waals surface area contributed by atoms with Gasteiger partial charge in [0, 0.05) is 16.7 Å². The molecule has 5 rings (SSSR count). The summed E-state index contributed by atoms with van der Waals surface area (Å²) >= 11 is 0. The van der Waals surface area contributed by atoms with E-state index < -0.39 is 18.4 Å². The van der Waals surface area contributed by atoms with Crippen LogP contribution in [0.4, 0.5) is 13.2 Å². The van der Waals surface area contributed by atoms with Crippen LogP contribution in [-0.4, -0.2) is 42.3 Å². The third-order valence-electron chi connectivity index (χ3n) is 5.40. The molecule has 0 aliphatic rings. The molecule has 0 saturated carbocycles. The summed E-state index contributed by atoms with van der Waals surface area (Å²) in [6, 6.07) is 19.1. The van der Waals surface area contributed by atoms with Crippen LogP contribution >= 0.6 is 0 Å². The molecule has 37 heavy (non-hydrogen) atoms. The first kappa shape index (κ1) is 24.0. The van der Waals surface area contributed by atoms with Gasteiger partial charge in [-0.2, -0.15) is 13.2 Å². The Hall–Kier alpha value is -4.71. The number of alkyl halides is 3. The molecular formula is C25H18F3N7O2. The molecule has 0 aliphatic heterocycles. The third-order valence-corrected chi connectivity index (χ3v) is 5.40. The van der Waals surface area contributed by atoms with Gasteiger partial charge in [-0.25, -0.2) is 19.7 Å². The predicted octanol–water partition coefficient (Wildman–Crippen LogP) is 4.52. The maximum absolute atomic E-state index is 12.5. The molecule has 1 unspecified atom stereocenters. The molecule has 0 aliphatic carbocycles. The van der Waals surface area contributed by atoms with Gasteiger partial charge in [0.05, 0.1) is 11.4 Å². The van der Waals surface area contributed by atoms with Crippen molar-refractivity contribution in [1.82, 2.24) is 30.1 Å². The smallest absolute Gasteiger partial charge is 0.436 e. The summed E-state index contributed by atoms with van der Waals surface area (Å²) in [6.07, 6.45) is -6.73. The van der Waals surface area contributed by atoms with Gasteiger partial charge in [-0.1, -0.05) is 54.6 Å². The van der Waals surface area contributed by atoms with Gasteiger partial charge >= 0.3 is 12.1 Å². The molecule has 0 fully saturated rings. The Labute approximate surface area is 207 Å². The van der Waals surface area contributed by atoms with Crippen LogP contribution in [-0.2, 0) is 9.53 Å². The minimum atomic E-state index is -5.14. The molecule has 3 N–H and O–H groups in total. The Morgan fingerprint density at radius 1 is 0.892 bits per heavy atom. The van der Waals surface area contributed by atoms with E-state index in [-0.39, 0.29) is 5.56 Å². The van der Waals surface area contributed by atoms with Crippen molar-refractivity contribution in [2.75, 3.05) is 0 Å².